The first-order valence-electron chi connectivity index (χ1n) is 6.86. The quantitative estimate of drug-likeness (QED) is 0.881. The second-order valence-electron chi connectivity index (χ2n) is 5.40. The van der Waals surface area contributed by atoms with Crippen LogP contribution in [0.1, 0.15) is 31.7 Å². The minimum atomic E-state index is -0.514. The van der Waals surface area contributed by atoms with Gasteiger partial charge in [0, 0.05) is 25.2 Å². The van der Waals surface area contributed by atoms with Gasteiger partial charge in [-0.1, -0.05) is 25.1 Å². The lowest BCUT2D eigenvalue weighted by Crippen LogP contribution is -2.39. The van der Waals surface area contributed by atoms with Gasteiger partial charge in [0.2, 0.25) is 11.8 Å². The maximum Gasteiger partial charge on any atom is 0.236 e. The van der Waals surface area contributed by atoms with Crippen molar-refractivity contribution in [2.45, 2.75) is 31.6 Å². The molecule has 2 aliphatic rings. The van der Waals surface area contributed by atoms with Gasteiger partial charge in [-0.05, 0) is 24.5 Å². The number of fused-ring (bicyclic) bond motifs is 2. The van der Waals surface area contributed by atoms with E-state index < -0.39 is 5.41 Å². The highest BCUT2D eigenvalue weighted by molar-refractivity contribution is 6.07. The molecule has 1 aromatic carbocycles. The summed E-state index contributed by atoms with van der Waals surface area (Å²) in [6.07, 6.45) is 2.15. The van der Waals surface area contributed by atoms with Crippen LogP contribution in [0.4, 0.5) is 5.69 Å². The van der Waals surface area contributed by atoms with Crippen molar-refractivity contribution in [1.29, 1.82) is 0 Å². The molecule has 0 radical (unpaired) electrons. The van der Waals surface area contributed by atoms with E-state index in [-0.39, 0.29) is 11.8 Å². The van der Waals surface area contributed by atoms with Crippen LogP contribution < -0.4 is 5.32 Å². The van der Waals surface area contributed by atoms with Crippen LogP contribution in [0.15, 0.2) is 24.3 Å². The molecule has 0 aliphatic carbocycles. The molecule has 1 unspecified atom stereocenters. The van der Waals surface area contributed by atoms with E-state index in [4.69, 9.17) is 0 Å². The SMILES string of the molecule is CCCC(=O)N1CCC2(C1)C(=O)Nc1ccccc12. The Bertz CT molecular complexity index is 541. The summed E-state index contributed by atoms with van der Waals surface area (Å²) in [7, 11) is 0. The van der Waals surface area contributed by atoms with Gasteiger partial charge in [-0.2, -0.15) is 0 Å². The summed E-state index contributed by atoms with van der Waals surface area (Å²) in [6, 6.07) is 7.81. The Kier molecular flexibility index (Phi) is 2.81. The van der Waals surface area contributed by atoms with Crippen LogP contribution in [0.25, 0.3) is 0 Å². The number of carbonyl (C=O) groups is 2. The Morgan fingerprint density at radius 3 is 3.00 bits per heavy atom. The van der Waals surface area contributed by atoms with Gasteiger partial charge < -0.3 is 10.2 Å². The van der Waals surface area contributed by atoms with Crippen molar-refractivity contribution >= 4 is 17.5 Å². The van der Waals surface area contributed by atoms with Crippen LogP contribution in [0, 0.1) is 0 Å². The average molecular weight is 258 g/mol. The van der Waals surface area contributed by atoms with Crippen LogP contribution in [0.2, 0.25) is 0 Å². The summed E-state index contributed by atoms with van der Waals surface area (Å²) in [5.74, 6) is 0.206. The second-order valence-corrected chi connectivity index (χ2v) is 5.40. The molecular weight excluding hydrogens is 240 g/mol. The number of carbonyl (C=O) groups excluding carboxylic acids is 2. The van der Waals surface area contributed by atoms with Gasteiger partial charge in [-0.25, -0.2) is 0 Å². The van der Waals surface area contributed by atoms with Crippen molar-refractivity contribution in [3.05, 3.63) is 29.8 Å². The molecule has 1 aromatic rings. The van der Waals surface area contributed by atoms with Gasteiger partial charge in [0.25, 0.3) is 0 Å². The maximum atomic E-state index is 12.3. The molecule has 1 saturated heterocycles. The monoisotopic (exact) mass is 258 g/mol. The van der Waals surface area contributed by atoms with Crippen molar-refractivity contribution in [2.75, 3.05) is 18.4 Å². The molecule has 2 amide bonds. The average Bonchev–Trinajstić information content (AvgIpc) is 2.96. The van der Waals surface area contributed by atoms with Crippen LogP contribution in [-0.2, 0) is 15.0 Å². The molecule has 100 valence electrons. The highest BCUT2D eigenvalue weighted by atomic mass is 16.2. The van der Waals surface area contributed by atoms with E-state index in [0.717, 1.165) is 24.1 Å². The number of likely N-dealkylation sites (tertiary alicyclic amines) is 1. The van der Waals surface area contributed by atoms with E-state index >= 15 is 0 Å². The minimum Gasteiger partial charge on any atom is -0.341 e. The van der Waals surface area contributed by atoms with Crippen LogP contribution >= 0.6 is 0 Å². The van der Waals surface area contributed by atoms with E-state index in [1.807, 2.05) is 36.1 Å². The third-order valence-electron chi connectivity index (χ3n) is 4.21. The second kappa shape index (κ2) is 4.37. The fourth-order valence-electron chi connectivity index (χ4n) is 3.17. The Hall–Kier alpha value is -1.84. The lowest BCUT2D eigenvalue weighted by atomic mass is 9.81. The highest BCUT2D eigenvalue weighted by Crippen LogP contribution is 2.44. The Morgan fingerprint density at radius 1 is 1.42 bits per heavy atom. The molecule has 1 fully saturated rings. The molecule has 0 bridgehead atoms. The lowest BCUT2D eigenvalue weighted by molar-refractivity contribution is -0.130. The number of benzene rings is 1. The number of nitrogens with zero attached hydrogens (tertiary/aromatic N) is 1. The molecular formula is C15H18N2O2. The largest absolute Gasteiger partial charge is 0.341 e. The standard InChI is InChI=1S/C15H18N2O2/c1-2-5-13(18)17-9-8-15(10-17)11-6-3-4-7-12(11)16-14(15)19/h3-4,6-7H,2,5,8-10H2,1H3,(H,16,19). The number of nitrogens with one attached hydrogen (secondary N) is 1. The van der Waals surface area contributed by atoms with Crippen molar-refractivity contribution in [3.63, 3.8) is 0 Å². The summed E-state index contributed by atoms with van der Waals surface area (Å²) in [4.78, 5) is 26.2. The smallest absolute Gasteiger partial charge is 0.236 e. The van der Waals surface area contributed by atoms with Crippen molar-refractivity contribution in [2.24, 2.45) is 0 Å². The van der Waals surface area contributed by atoms with E-state index in [1.165, 1.54) is 0 Å². The van der Waals surface area contributed by atoms with Crippen molar-refractivity contribution < 1.29 is 9.59 Å². The predicted molar refractivity (Wildman–Crippen MR) is 72.9 cm³/mol. The molecule has 3 rings (SSSR count). The first-order chi connectivity index (χ1) is 9.17. The minimum absolute atomic E-state index is 0.0421. The zero-order chi connectivity index (χ0) is 13.5. The third-order valence-corrected chi connectivity index (χ3v) is 4.21. The predicted octanol–water partition coefficient (Wildman–Crippen LogP) is 1.91. The number of rotatable bonds is 2. The van der Waals surface area contributed by atoms with E-state index in [9.17, 15) is 9.59 Å². The lowest BCUT2D eigenvalue weighted by Gasteiger charge is -2.22. The van der Waals surface area contributed by atoms with Crippen LogP contribution in [-0.4, -0.2) is 29.8 Å². The molecule has 4 heteroatoms. The Labute approximate surface area is 112 Å². The van der Waals surface area contributed by atoms with Gasteiger partial charge >= 0.3 is 0 Å². The number of para-hydroxylation sites is 1. The first kappa shape index (κ1) is 12.2. The molecule has 19 heavy (non-hydrogen) atoms. The normalized spacial score (nSPS) is 24.7. The van der Waals surface area contributed by atoms with E-state index in [1.54, 1.807) is 0 Å². The summed E-state index contributed by atoms with van der Waals surface area (Å²) < 4.78 is 0. The molecule has 2 heterocycles. The van der Waals surface area contributed by atoms with Gasteiger partial charge in [-0.3, -0.25) is 9.59 Å². The Morgan fingerprint density at radius 2 is 2.21 bits per heavy atom. The third kappa shape index (κ3) is 1.74. The molecule has 1 atom stereocenters. The fourth-order valence-corrected chi connectivity index (χ4v) is 3.17. The van der Waals surface area contributed by atoms with Crippen molar-refractivity contribution in [1.82, 2.24) is 4.90 Å². The molecule has 4 nitrogen and oxygen atoms in total. The van der Waals surface area contributed by atoms with Gasteiger partial charge in [0.15, 0.2) is 0 Å². The summed E-state index contributed by atoms with van der Waals surface area (Å²) in [5, 5.41) is 2.94. The van der Waals surface area contributed by atoms with E-state index in [2.05, 4.69) is 5.32 Å². The van der Waals surface area contributed by atoms with Gasteiger partial charge in [0.1, 0.15) is 0 Å². The van der Waals surface area contributed by atoms with Crippen molar-refractivity contribution in [3.8, 4) is 0 Å². The topological polar surface area (TPSA) is 49.4 Å². The zero-order valence-corrected chi connectivity index (χ0v) is 11.1. The molecule has 0 aromatic heterocycles. The van der Waals surface area contributed by atoms with Gasteiger partial charge in [0.05, 0.1) is 5.41 Å². The Balaban J connectivity index is 1.90. The number of hydrogen-bond donors (Lipinski definition) is 1. The molecule has 1 N–H and O–H groups in total. The highest BCUT2D eigenvalue weighted by Gasteiger charge is 2.51. The number of hydrogen-bond acceptors (Lipinski definition) is 2. The molecule has 0 saturated carbocycles. The summed E-state index contributed by atoms with van der Waals surface area (Å²) >= 11 is 0. The van der Waals surface area contributed by atoms with E-state index in [0.29, 0.717) is 19.5 Å². The number of anilines is 1. The van der Waals surface area contributed by atoms with Crippen LogP contribution in [0.3, 0.4) is 0 Å². The van der Waals surface area contributed by atoms with Crippen LogP contribution in [0.5, 0.6) is 0 Å². The maximum absolute atomic E-state index is 12.3. The number of amides is 2. The molecule has 1 spiro atoms. The molecule has 2 aliphatic heterocycles. The van der Waals surface area contributed by atoms with Gasteiger partial charge in [-0.15, -0.1) is 0 Å². The summed E-state index contributed by atoms with van der Waals surface area (Å²) in [5.41, 5.74) is 1.43. The zero-order valence-electron chi connectivity index (χ0n) is 11.1. The summed E-state index contributed by atoms with van der Waals surface area (Å²) in [6.45, 7) is 3.20. The fraction of sp³-hybridized carbons (Fsp3) is 0.467. The first-order valence-corrected chi connectivity index (χ1v) is 6.86.